The molecule has 0 unspecified atom stereocenters. The Morgan fingerprint density at radius 1 is 0.381 bits per heavy atom. The zero-order chi connectivity index (χ0) is 43.8. The highest BCUT2D eigenvalue weighted by atomic mass is 15.0. The van der Waals surface area contributed by atoms with E-state index in [0.29, 0.717) is 0 Å². The molecule has 4 aromatic carbocycles. The average molecular weight is 835 g/mol. The second-order valence-corrected chi connectivity index (χ2v) is 25.9. The Kier molecular flexibility index (Phi) is 9.61. The third-order valence-electron chi connectivity index (χ3n) is 18.1. The summed E-state index contributed by atoms with van der Waals surface area (Å²) in [6, 6.07) is 39.9. The van der Waals surface area contributed by atoms with Crippen molar-refractivity contribution in [3.8, 4) is 39.1 Å². The molecule has 1 nitrogen and oxygen atoms in total. The van der Waals surface area contributed by atoms with Crippen LogP contribution in [0.2, 0.25) is 0 Å². The Labute approximate surface area is 381 Å². The fourth-order valence-electron chi connectivity index (χ4n) is 15.6. The van der Waals surface area contributed by atoms with Crippen LogP contribution in [0.15, 0.2) is 97.1 Å². The van der Waals surface area contributed by atoms with Crippen LogP contribution in [0.3, 0.4) is 0 Å². The Hall–Kier alpha value is -3.97. The molecule has 0 aliphatic heterocycles. The monoisotopic (exact) mass is 835 g/mol. The number of nitrogens with zero attached hydrogens (tertiary/aromatic N) is 1. The van der Waals surface area contributed by atoms with E-state index in [1.54, 1.807) is 11.4 Å². The molecule has 0 saturated heterocycles. The van der Waals surface area contributed by atoms with Crippen LogP contribution in [0.4, 0.5) is 0 Å². The van der Waals surface area contributed by atoms with E-state index >= 15 is 0 Å². The summed E-state index contributed by atoms with van der Waals surface area (Å²) in [4.78, 5) is 0. The highest BCUT2D eigenvalue weighted by molar-refractivity contribution is 5.81. The molecule has 1 heteroatoms. The fourth-order valence-corrected chi connectivity index (χ4v) is 15.6. The highest BCUT2D eigenvalue weighted by Gasteiger charge is 2.59. The van der Waals surface area contributed by atoms with Gasteiger partial charge in [0.25, 0.3) is 0 Å². The number of pyridine rings is 1. The normalized spacial score (nSPS) is 29.7. The lowest BCUT2D eigenvalue weighted by Gasteiger charge is -2.56. The fraction of sp³-hybridized carbons (Fsp3) is 0.532. The van der Waals surface area contributed by atoms with Gasteiger partial charge in [0.15, 0.2) is 11.4 Å². The first-order valence-electron chi connectivity index (χ1n) is 25.4. The molecule has 1 aromatic heterocycles. The molecular weight excluding hydrogens is 759 g/mol. The molecule has 0 N–H and O–H groups in total. The summed E-state index contributed by atoms with van der Waals surface area (Å²) in [7, 11) is 0. The largest absolute Gasteiger partial charge is 0.212 e. The van der Waals surface area contributed by atoms with Crippen molar-refractivity contribution in [2.24, 2.45) is 35.5 Å². The molecule has 8 aliphatic rings. The van der Waals surface area contributed by atoms with Gasteiger partial charge in [-0.25, -0.2) is 0 Å². The Bertz CT molecular complexity index is 2330. The standard InChI is InChI=1S/C62H76N/c1-39-54(47-13-19-51(20-14-47)59(5,6)7)31-53(32-55(39)48-15-21-52(22-16-48)60(8,9)10)63-56(61-33-40-23-41(34-61)25-42(24-40)35-61)29-49(46-11-17-50(18-12-46)58(2,3)4)30-57(63)62-36-43-26-44(37-62)28-45(27-43)38-62/h11-22,29-32,40-45H,23-28,33-38H2,1-10H3/q+1. The van der Waals surface area contributed by atoms with Gasteiger partial charge in [0.2, 0.25) is 5.69 Å². The van der Waals surface area contributed by atoms with Gasteiger partial charge in [0.05, 0.1) is 10.8 Å². The van der Waals surface area contributed by atoms with Crippen molar-refractivity contribution in [1.29, 1.82) is 0 Å². The van der Waals surface area contributed by atoms with Crippen LogP contribution in [0.25, 0.3) is 39.1 Å². The Balaban J connectivity index is 1.20. The third-order valence-corrected chi connectivity index (χ3v) is 18.1. The maximum absolute atomic E-state index is 3.01. The third kappa shape index (κ3) is 7.29. The molecule has 328 valence electrons. The van der Waals surface area contributed by atoms with E-state index in [9.17, 15) is 0 Å². The van der Waals surface area contributed by atoms with Gasteiger partial charge in [-0.2, -0.15) is 4.57 Å². The molecule has 8 saturated carbocycles. The maximum atomic E-state index is 3.01. The minimum atomic E-state index is 0.111. The predicted molar refractivity (Wildman–Crippen MR) is 265 cm³/mol. The lowest BCUT2D eigenvalue weighted by Crippen LogP contribution is -2.59. The topological polar surface area (TPSA) is 3.88 Å². The molecule has 1 heterocycles. The zero-order valence-corrected chi connectivity index (χ0v) is 40.6. The molecule has 5 aromatic rings. The van der Waals surface area contributed by atoms with Crippen molar-refractivity contribution in [1.82, 2.24) is 0 Å². The van der Waals surface area contributed by atoms with Gasteiger partial charge in [-0.3, -0.25) is 0 Å². The van der Waals surface area contributed by atoms with Crippen molar-refractivity contribution in [3.05, 3.63) is 131 Å². The molecule has 0 atom stereocenters. The smallest absolute Gasteiger partial charge is 0.161 e. The summed E-state index contributed by atoms with van der Waals surface area (Å²) < 4.78 is 3.01. The molecule has 8 bridgehead atoms. The van der Waals surface area contributed by atoms with Crippen LogP contribution in [0.1, 0.15) is 173 Å². The minimum Gasteiger partial charge on any atom is -0.161 e. The van der Waals surface area contributed by atoms with Gasteiger partial charge >= 0.3 is 0 Å². The first kappa shape index (κ1) is 41.7. The van der Waals surface area contributed by atoms with Crippen LogP contribution < -0.4 is 4.57 Å². The number of benzene rings is 4. The quantitative estimate of drug-likeness (QED) is 0.150. The minimum absolute atomic E-state index is 0.111. The van der Waals surface area contributed by atoms with E-state index in [2.05, 4.69) is 171 Å². The van der Waals surface area contributed by atoms with Crippen molar-refractivity contribution in [2.75, 3.05) is 0 Å². The van der Waals surface area contributed by atoms with Crippen LogP contribution in [-0.4, -0.2) is 0 Å². The van der Waals surface area contributed by atoms with Gasteiger partial charge in [-0.05, 0) is 191 Å². The molecule has 8 fully saturated rings. The lowest BCUT2D eigenvalue weighted by atomic mass is 9.47. The Morgan fingerprint density at radius 3 is 0.952 bits per heavy atom. The second-order valence-electron chi connectivity index (χ2n) is 25.9. The summed E-state index contributed by atoms with van der Waals surface area (Å²) in [5, 5.41) is 0. The molecule has 63 heavy (non-hydrogen) atoms. The van der Waals surface area contributed by atoms with Crippen molar-refractivity contribution < 1.29 is 4.57 Å². The summed E-state index contributed by atoms with van der Waals surface area (Å²) >= 11 is 0. The van der Waals surface area contributed by atoms with Gasteiger partial charge in [0, 0.05) is 24.3 Å². The number of hydrogen-bond acceptors (Lipinski definition) is 0. The van der Waals surface area contributed by atoms with Crippen LogP contribution in [-0.2, 0) is 27.1 Å². The van der Waals surface area contributed by atoms with E-state index in [1.165, 1.54) is 138 Å². The molecule has 0 spiro atoms. The van der Waals surface area contributed by atoms with Gasteiger partial charge in [0.1, 0.15) is 0 Å². The number of hydrogen-bond donors (Lipinski definition) is 0. The highest BCUT2D eigenvalue weighted by Crippen LogP contribution is 2.63. The predicted octanol–water partition coefficient (Wildman–Crippen LogP) is 16.1. The van der Waals surface area contributed by atoms with Crippen molar-refractivity contribution in [3.63, 3.8) is 0 Å². The van der Waals surface area contributed by atoms with Gasteiger partial charge in [-0.15, -0.1) is 0 Å². The van der Waals surface area contributed by atoms with E-state index in [0.717, 1.165) is 35.5 Å². The summed E-state index contributed by atoms with van der Waals surface area (Å²) in [5.41, 5.74) is 19.4. The zero-order valence-electron chi connectivity index (χ0n) is 40.6. The van der Waals surface area contributed by atoms with E-state index in [4.69, 9.17) is 0 Å². The molecule has 0 radical (unpaired) electrons. The first-order valence-corrected chi connectivity index (χ1v) is 25.4. The second kappa shape index (κ2) is 14.5. The van der Waals surface area contributed by atoms with E-state index in [1.807, 2.05) is 0 Å². The summed E-state index contributed by atoms with van der Waals surface area (Å²) in [6.45, 7) is 23.5. The molecule has 8 aliphatic carbocycles. The van der Waals surface area contributed by atoms with Gasteiger partial charge in [-0.1, -0.05) is 135 Å². The van der Waals surface area contributed by atoms with Crippen molar-refractivity contribution in [2.45, 2.75) is 173 Å². The van der Waals surface area contributed by atoms with E-state index in [-0.39, 0.29) is 27.1 Å². The summed E-state index contributed by atoms with van der Waals surface area (Å²) in [6.07, 6.45) is 16.9. The molecule has 13 rings (SSSR count). The molecule has 0 amide bonds. The Morgan fingerprint density at radius 2 is 0.667 bits per heavy atom. The van der Waals surface area contributed by atoms with Crippen molar-refractivity contribution >= 4 is 0 Å². The van der Waals surface area contributed by atoms with E-state index < -0.39 is 0 Å². The van der Waals surface area contributed by atoms with Gasteiger partial charge < -0.3 is 0 Å². The lowest BCUT2D eigenvalue weighted by molar-refractivity contribution is -0.624. The summed E-state index contributed by atoms with van der Waals surface area (Å²) in [5.74, 6) is 5.22. The molecular formula is C62H76N+. The number of rotatable bonds is 6. The van der Waals surface area contributed by atoms with Crippen LogP contribution >= 0.6 is 0 Å². The number of aromatic nitrogens is 1. The van der Waals surface area contributed by atoms with Crippen LogP contribution in [0, 0.1) is 42.4 Å². The van der Waals surface area contributed by atoms with Crippen LogP contribution in [0.5, 0.6) is 0 Å². The maximum Gasteiger partial charge on any atom is 0.212 e. The first-order chi connectivity index (χ1) is 29.8. The average Bonchev–Trinajstić information content (AvgIpc) is 3.22. The SMILES string of the molecule is Cc1c(-c2ccc(C(C)(C)C)cc2)cc(-[n+]2c(C34CC5CC(CC(C5)C3)C4)cc(-c3ccc(C(C)(C)C)cc3)cc2C23CC4CC(CC(C4)C2)C3)cc1-c1ccc(C(C)(C)C)cc1.